The molecule has 1 rings (SSSR count). The zero-order valence-electron chi connectivity index (χ0n) is 12.3. The molecule has 0 unspecified atom stereocenters. The molecule has 1 aromatic rings. The van der Waals surface area contributed by atoms with Crippen LogP contribution in [-0.2, 0) is 9.59 Å². The van der Waals surface area contributed by atoms with Gasteiger partial charge in [0, 0.05) is 12.2 Å². The van der Waals surface area contributed by atoms with Crippen LogP contribution in [0.4, 0.5) is 5.69 Å². The Morgan fingerprint density at radius 1 is 1.20 bits per heavy atom. The maximum atomic E-state index is 12.2. The van der Waals surface area contributed by atoms with Gasteiger partial charge in [-0.2, -0.15) is 0 Å². The Balaban J connectivity index is 2.59. The minimum atomic E-state index is -0.359. The third-order valence-corrected chi connectivity index (χ3v) is 3.10. The second kappa shape index (κ2) is 8.32. The molecule has 20 heavy (non-hydrogen) atoms. The van der Waals surface area contributed by atoms with E-state index in [-0.39, 0.29) is 24.4 Å². The second-order valence-corrected chi connectivity index (χ2v) is 4.55. The van der Waals surface area contributed by atoms with Gasteiger partial charge in [-0.15, -0.1) is 0 Å². The summed E-state index contributed by atoms with van der Waals surface area (Å²) >= 11 is 0. The Morgan fingerprint density at radius 3 is 2.40 bits per heavy atom. The number of anilines is 1. The molecule has 1 atom stereocenters. The highest BCUT2D eigenvalue weighted by atomic mass is 16.2. The van der Waals surface area contributed by atoms with E-state index in [2.05, 4.69) is 10.6 Å². The molecule has 0 fully saturated rings. The SMILES string of the molecule is CCNC(=O)CN(CC)[C@@H](C)C(=O)Nc1ccccc1. The van der Waals surface area contributed by atoms with Crippen molar-refractivity contribution in [3.63, 3.8) is 0 Å². The van der Waals surface area contributed by atoms with Crippen molar-refractivity contribution in [1.82, 2.24) is 10.2 Å². The zero-order chi connectivity index (χ0) is 15.0. The van der Waals surface area contributed by atoms with Gasteiger partial charge in [-0.3, -0.25) is 14.5 Å². The summed E-state index contributed by atoms with van der Waals surface area (Å²) in [7, 11) is 0. The van der Waals surface area contributed by atoms with Crippen LogP contribution in [0.25, 0.3) is 0 Å². The topological polar surface area (TPSA) is 61.4 Å². The zero-order valence-corrected chi connectivity index (χ0v) is 12.3. The fourth-order valence-corrected chi connectivity index (χ4v) is 1.89. The van der Waals surface area contributed by atoms with Gasteiger partial charge in [-0.25, -0.2) is 0 Å². The molecule has 0 aliphatic carbocycles. The minimum Gasteiger partial charge on any atom is -0.355 e. The Labute approximate surface area is 120 Å². The minimum absolute atomic E-state index is 0.0614. The Morgan fingerprint density at radius 2 is 1.85 bits per heavy atom. The van der Waals surface area contributed by atoms with Gasteiger partial charge in [0.2, 0.25) is 11.8 Å². The van der Waals surface area contributed by atoms with E-state index in [0.29, 0.717) is 13.1 Å². The molecule has 110 valence electrons. The molecule has 5 heteroatoms. The summed E-state index contributed by atoms with van der Waals surface area (Å²) in [5.74, 6) is -0.170. The molecule has 0 aromatic heterocycles. The summed E-state index contributed by atoms with van der Waals surface area (Å²) in [6, 6.07) is 8.95. The van der Waals surface area contributed by atoms with E-state index in [4.69, 9.17) is 0 Å². The van der Waals surface area contributed by atoms with Crippen molar-refractivity contribution in [3.8, 4) is 0 Å². The first-order valence-corrected chi connectivity index (χ1v) is 6.95. The van der Waals surface area contributed by atoms with Gasteiger partial charge < -0.3 is 10.6 Å². The molecule has 1 aromatic carbocycles. The summed E-state index contributed by atoms with van der Waals surface area (Å²) < 4.78 is 0. The largest absolute Gasteiger partial charge is 0.355 e. The van der Waals surface area contributed by atoms with Crippen LogP contribution >= 0.6 is 0 Å². The van der Waals surface area contributed by atoms with Gasteiger partial charge >= 0.3 is 0 Å². The summed E-state index contributed by atoms with van der Waals surface area (Å²) in [5, 5.41) is 5.59. The number of rotatable bonds is 7. The quantitative estimate of drug-likeness (QED) is 0.793. The molecule has 0 radical (unpaired) electrons. The second-order valence-electron chi connectivity index (χ2n) is 4.55. The number of para-hydroxylation sites is 1. The molecule has 0 spiro atoms. The Kier molecular flexibility index (Phi) is 6.73. The first-order chi connectivity index (χ1) is 9.58. The highest BCUT2D eigenvalue weighted by molar-refractivity contribution is 5.94. The van der Waals surface area contributed by atoms with Crippen molar-refractivity contribution in [2.45, 2.75) is 26.8 Å². The molecular weight excluding hydrogens is 254 g/mol. The number of carbonyl (C=O) groups is 2. The van der Waals surface area contributed by atoms with Crippen molar-refractivity contribution in [3.05, 3.63) is 30.3 Å². The van der Waals surface area contributed by atoms with Gasteiger partial charge in [-0.05, 0) is 32.5 Å². The number of benzene rings is 1. The molecule has 2 N–H and O–H groups in total. The van der Waals surface area contributed by atoms with Crippen molar-refractivity contribution in [2.24, 2.45) is 0 Å². The Bertz CT molecular complexity index is 434. The highest BCUT2D eigenvalue weighted by Gasteiger charge is 2.21. The predicted molar refractivity (Wildman–Crippen MR) is 80.5 cm³/mol. The fourth-order valence-electron chi connectivity index (χ4n) is 1.89. The lowest BCUT2D eigenvalue weighted by atomic mass is 10.2. The fraction of sp³-hybridized carbons (Fsp3) is 0.467. The van der Waals surface area contributed by atoms with Crippen LogP contribution in [0.5, 0.6) is 0 Å². The lowest BCUT2D eigenvalue weighted by Gasteiger charge is -2.26. The van der Waals surface area contributed by atoms with E-state index in [9.17, 15) is 9.59 Å². The monoisotopic (exact) mass is 277 g/mol. The number of carbonyl (C=O) groups excluding carboxylic acids is 2. The normalized spacial score (nSPS) is 12.0. The summed E-state index contributed by atoms with van der Waals surface area (Å²) in [4.78, 5) is 25.6. The molecule has 0 heterocycles. The molecular formula is C15H23N3O2. The summed E-state index contributed by atoms with van der Waals surface area (Å²) in [6.07, 6.45) is 0. The molecule has 0 aliphatic heterocycles. The van der Waals surface area contributed by atoms with Crippen LogP contribution in [0.15, 0.2) is 30.3 Å². The van der Waals surface area contributed by atoms with Crippen LogP contribution < -0.4 is 10.6 Å². The number of hydrogen-bond donors (Lipinski definition) is 2. The average Bonchev–Trinajstić information content (AvgIpc) is 2.45. The molecule has 0 saturated heterocycles. The number of nitrogens with one attached hydrogen (secondary N) is 2. The Hall–Kier alpha value is -1.88. The van der Waals surface area contributed by atoms with E-state index < -0.39 is 0 Å². The smallest absolute Gasteiger partial charge is 0.241 e. The summed E-state index contributed by atoms with van der Waals surface area (Å²) in [5.41, 5.74) is 0.762. The van der Waals surface area contributed by atoms with E-state index in [1.807, 2.05) is 49.1 Å². The van der Waals surface area contributed by atoms with Crippen LogP contribution in [-0.4, -0.2) is 42.4 Å². The highest BCUT2D eigenvalue weighted by Crippen LogP contribution is 2.08. The number of hydrogen-bond acceptors (Lipinski definition) is 3. The van der Waals surface area contributed by atoms with Gasteiger partial charge in [0.25, 0.3) is 0 Å². The first-order valence-electron chi connectivity index (χ1n) is 6.95. The third kappa shape index (κ3) is 5.01. The predicted octanol–water partition coefficient (Wildman–Crippen LogP) is 1.47. The molecule has 5 nitrogen and oxygen atoms in total. The molecule has 0 saturated carbocycles. The molecule has 2 amide bonds. The van der Waals surface area contributed by atoms with Crippen LogP contribution in [0, 0.1) is 0 Å². The lowest BCUT2D eigenvalue weighted by Crippen LogP contribution is -2.46. The standard InChI is InChI=1S/C15H23N3O2/c1-4-16-14(19)11-18(5-2)12(3)15(20)17-13-9-7-6-8-10-13/h6-10,12H,4-5,11H2,1-3H3,(H,16,19)(H,17,20)/t12-/m0/s1. The van der Waals surface area contributed by atoms with Crippen LogP contribution in [0.2, 0.25) is 0 Å². The lowest BCUT2D eigenvalue weighted by molar-refractivity contribution is -0.125. The first kappa shape index (κ1) is 16.2. The van der Waals surface area contributed by atoms with E-state index in [0.717, 1.165) is 5.69 Å². The van der Waals surface area contributed by atoms with Gasteiger partial charge in [0.15, 0.2) is 0 Å². The van der Waals surface area contributed by atoms with Crippen molar-refractivity contribution >= 4 is 17.5 Å². The van der Waals surface area contributed by atoms with Gasteiger partial charge in [0.05, 0.1) is 12.6 Å². The molecule has 0 aliphatic rings. The number of likely N-dealkylation sites (N-methyl/N-ethyl adjacent to an activating group) is 2. The summed E-state index contributed by atoms with van der Waals surface area (Å²) in [6.45, 7) is 7.08. The van der Waals surface area contributed by atoms with Crippen LogP contribution in [0.1, 0.15) is 20.8 Å². The van der Waals surface area contributed by atoms with E-state index in [1.165, 1.54) is 0 Å². The van der Waals surface area contributed by atoms with Crippen molar-refractivity contribution in [1.29, 1.82) is 0 Å². The van der Waals surface area contributed by atoms with E-state index >= 15 is 0 Å². The maximum absolute atomic E-state index is 12.2. The molecule has 0 bridgehead atoms. The van der Waals surface area contributed by atoms with Crippen LogP contribution in [0.3, 0.4) is 0 Å². The maximum Gasteiger partial charge on any atom is 0.241 e. The third-order valence-electron chi connectivity index (χ3n) is 3.10. The van der Waals surface area contributed by atoms with Gasteiger partial charge in [0.1, 0.15) is 0 Å². The van der Waals surface area contributed by atoms with Crippen molar-refractivity contribution in [2.75, 3.05) is 25.0 Å². The van der Waals surface area contributed by atoms with Crippen molar-refractivity contribution < 1.29 is 9.59 Å². The van der Waals surface area contributed by atoms with Gasteiger partial charge in [-0.1, -0.05) is 25.1 Å². The van der Waals surface area contributed by atoms with E-state index in [1.54, 1.807) is 6.92 Å². The average molecular weight is 277 g/mol. The number of nitrogens with zero attached hydrogens (tertiary/aromatic N) is 1. The number of amides is 2.